The van der Waals surface area contributed by atoms with Crippen molar-refractivity contribution >= 4 is 32.7 Å². The Hall–Kier alpha value is -1.13. The van der Waals surface area contributed by atoms with Gasteiger partial charge in [-0.1, -0.05) is 0 Å². The molecule has 0 radical (unpaired) electrons. The van der Waals surface area contributed by atoms with Crippen LogP contribution in [0.25, 0.3) is 10.8 Å². The molecule has 0 spiro atoms. The van der Waals surface area contributed by atoms with Gasteiger partial charge in [-0.3, -0.25) is 0 Å². The number of nitrogens with zero attached hydrogens (tertiary/aromatic N) is 1. The van der Waals surface area contributed by atoms with Gasteiger partial charge in [0.15, 0.2) is 11.3 Å². The quantitative estimate of drug-likeness (QED) is 0.782. The molecule has 0 saturated heterocycles. The number of methoxy groups -OCH3 is 1. The standard InChI is InChI=1S/C11H10ClNO2S/c1-7-10-4-3-9(15-16-12)5-8(10)6-11(13-7)14-2/h3-6H,1-2H3. The fourth-order valence-electron chi connectivity index (χ4n) is 1.57. The van der Waals surface area contributed by atoms with Crippen LogP contribution in [0.2, 0.25) is 0 Å². The maximum absolute atomic E-state index is 5.43. The molecule has 0 N–H and O–H groups in total. The van der Waals surface area contributed by atoms with E-state index in [9.17, 15) is 0 Å². The predicted molar refractivity (Wildman–Crippen MR) is 67.1 cm³/mol. The van der Waals surface area contributed by atoms with Gasteiger partial charge >= 0.3 is 0 Å². The van der Waals surface area contributed by atoms with E-state index >= 15 is 0 Å². The molecule has 84 valence electrons. The van der Waals surface area contributed by atoms with E-state index in [-0.39, 0.29) is 0 Å². The van der Waals surface area contributed by atoms with Gasteiger partial charge in [0.05, 0.1) is 7.11 Å². The third-order valence-electron chi connectivity index (χ3n) is 2.31. The highest BCUT2D eigenvalue weighted by Crippen LogP contribution is 2.27. The van der Waals surface area contributed by atoms with Crippen molar-refractivity contribution in [1.82, 2.24) is 4.98 Å². The number of aromatic nitrogens is 1. The smallest absolute Gasteiger partial charge is 0.213 e. The molecular formula is C11H10ClNO2S. The predicted octanol–water partition coefficient (Wildman–Crippen LogP) is 3.73. The van der Waals surface area contributed by atoms with Crippen LogP contribution in [0.4, 0.5) is 0 Å². The van der Waals surface area contributed by atoms with Crippen molar-refractivity contribution in [3.8, 4) is 11.6 Å². The van der Waals surface area contributed by atoms with Crippen LogP contribution < -0.4 is 8.92 Å². The molecule has 0 aliphatic carbocycles. The van der Waals surface area contributed by atoms with Crippen molar-refractivity contribution in [3.05, 3.63) is 30.0 Å². The normalized spacial score (nSPS) is 10.4. The lowest BCUT2D eigenvalue weighted by atomic mass is 10.1. The molecule has 0 fully saturated rings. The second kappa shape index (κ2) is 4.80. The summed E-state index contributed by atoms with van der Waals surface area (Å²) < 4.78 is 10.3. The number of hydrogen-bond donors (Lipinski definition) is 0. The Balaban J connectivity index is 2.57. The zero-order chi connectivity index (χ0) is 11.5. The molecular weight excluding hydrogens is 246 g/mol. The van der Waals surface area contributed by atoms with Crippen molar-refractivity contribution in [3.63, 3.8) is 0 Å². The largest absolute Gasteiger partial charge is 0.481 e. The average molecular weight is 256 g/mol. The molecule has 3 nitrogen and oxygen atoms in total. The summed E-state index contributed by atoms with van der Waals surface area (Å²) in [5, 5.41) is 2.10. The molecule has 0 aliphatic heterocycles. The zero-order valence-electron chi connectivity index (χ0n) is 8.86. The van der Waals surface area contributed by atoms with E-state index in [0.29, 0.717) is 11.6 Å². The van der Waals surface area contributed by atoms with Crippen LogP contribution in [0.15, 0.2) is 24.3 Å². The molecule has 0 bridgehead atoms. The summed E-state index contributed by atoms with van der Waals surface area (Å²) >= 11 is 0.803. The van der Waals surface area contributed by atoms with Gasteiger partial charge in [-0.25, -0.2) is 4.98 Å². The highest BCUT2D eigenvalue weighted by atomic mass is 35.7. The van der Waals surface area contributed by atoms with Crippen molar-refractivity contribution < 1.29 is 8.92 Å². The summed E-state index contributed by atoms with van der Waals surface area (Å²) in [6, 6.07) is 7.59. The summed E-state index contributed by atoms with van der Waals surface area (Å²) in [5.41, 5.74) is 0.930. The molecule has 16 heavy (non-hydrogen) atoms. The van der Waals surface area contributed by atoms with Crippen molar-refractivity contribution in [2.45, 2.75) is 6.92 Å². The van der Waals surface area contributed by atoms with Gasteiger partial charge in [0.1, 0.15) is 5.75 Å². The Morgan fingerprint density at radius 1 is 1.31 bits per heavy atom. The van der Waals surface area contributed by atoms with E-state index < -0.39 is 0 Å². The Morgan fingerprint density at radius 2 is 2.12 bits per heavy atom. The van der Waals surface area contributed by atoms with Crippen LogP contribution in [0.5, 0.6) is 11.6 Å². The van der Waals surface area contributed by atoms with Crippen molar-refractivity contribution in [1.29, 1.82) is 0 Å². The van der Waals surface area contributed by atoms with E-state index in [1.165, 1.54) is 0 Å². The molecule has 5 heteroatoms. The Bertz CT molecular complexity index is 519. The minimum Gasteiger partial charge on any atom is -0.481 e. The molecule has 0 amide bonds. The minimum atomic E-state index is 0.598. The number of halogens is 1. The van der Waals surface area contributed by atoms with Gasteiger partial charge in [0.25, 0.3) is 0 Å². The highest BCUT2D eigenvalue weighted by Gasteiger charge is 2.04. The fourth-order valence-corrected chi connectivity index (χ4v) is 1.97. The second-order valence-corrected chi connectivity index (χ2v) is 3.95. The Kier molecular flexibility index (Phi) is 3.41. The summed E-state index contributed by atoms with van der Waals surface area (Å²) in [6.45, 7) is 1.95. The van der Waals surface area contributed by atoms with E-state index in [1.54, 1.807) is 7.11 Å². The number of benzene rings is 1. The summed E-state index contributed by atoms with van der Waals surface area (Å²) in [5.74, 6) is 1.31. The number of rotatable bonds is 3. The zero-order valence-corrected chi connectivity index (χ0v) is 10.4. The van der Waals surface area contributed by atoms with Gasteiger partial charge < -0.3 is 8.92 Å². The van der Waals surface area contributed by atoms with Gasteiger partial charge in [-0.2, -0.15) is 0 Å². The second-order valence-electron chi connectivity index (χ2n) is 3.28. The van der Waals surface area contributed by atoms with Crippen LogP contribution in [0.3, 0.4) is 0 Å². The number of hydrogen-bond acceptors (Lipinski definition) is 4. The first-order valence-corrected chi connectivity index (χ1v) is 6.22. The fraction of sp³-hybridized carbons (Fsp3) is 0.182. The minimum absolute atomic E-state index is 0.598. The first-order chi connectivity index (χ1) is 7.74. The lowest BCUT2D eigenvalue weighted by Gasteiger charge is -2.06. The Labute approximate surface area is 102 Å². The number of ether oxygens (including phenoxy) is 1. The maximum atomic E-state index is 5.43. The van der Waals surface area contributed by atoms with E-state index in [1.807, 2.05) is 31.2 Å². The lowest BCUT2D eigenvalue weighted by molar-refractivity contribution is 0.398. The molecule has 1 heterocycles. The third kappa shape index (κ3) is 2.18. The number of aryl methyl sites for hydroxylation is 1. The van der Waals surface area contributed by atoms with E-state index in [0.717, 1.165) is 27.7 Å². The van der Waals surface area contributed by atoms with Crippen LogP contribution >= 0.6 is 21.9 Å². The molecule has 2 aromatic rings. The first-order valence-electron chi connectivity index (χ1n) is 4.65. The molecule has 0 saturated carbocycles. The average Bonchev–Trinajstić information content (AvgIpc) is 2.29. The third-order valence-corrected chi connectivity index (χ3v) is 2.75. The molecule has 0 atom stereocenters. The first kappa shape index (κ1) is 11.4. The van der Waals surface area contributed by atoms with Crippen LogP contribution in [-0.2, 0) is 0 Å². The lowest BCUT2D eigenvalue weighted by Crippen LogP contribution is -1.91. The van der Waals surface area contributed by atoms with Crippen molar-refractivity contribution in [2.24, 2.45) is 0 Å². The molecule has 0 aliphatic rings. The maximum Gasteiger partial charge on any atom is 0.213 e. The molecule has 2 rings (SSSR count). The van der Waals surface area contributed by atoms with Gasteiger partial charge in [0, 0.05) is 27.8 Å². The summed E-state index contributed by atoms with van der Waals surface area (Å²) in [6.07, 6.45) is 0. The van der Waals surface area contributed by atoms with E-state index in [2.05, 4.69) is 4.98 Å². The van der Waals surface area contributed by atoms with Crippen LogP contribution in [0, 0.1) is 6.92 Å². The number of pyridine rings is 1. The highest BCUT2D eigenvalue weighted by molar-refractivity contribution is 8.17. The summed E-state index contributed by atoms with van der Waals surface area (Å²) in [7, 11) is 7.03. The Morgan fingerprint density at radius 3 is 2.81 bits per heavy atom. The van der Waals surface area contributed by atoms with Gasteiger partial charge in [-0.05, 0) is 30.5 Å². The van der Waals surface area contributed by atoms with Crippen LogP contribution in [-0.4, -0.2) is 12.1 Å². The summed E-state index contributed by atoms with van der Waals surface area (Å²) in [4.78, 5) is 4.30. The topological polar surface area (TPSA) is 31.4 Å². The molecule has 1 aromatic carbocycles. The monoisotopic (exact) mass is 255 g/mol. The van der Waals surface area contributed by atoms with Gasteiger partial charge in [0.2, 0.25) is 5.88 Å². The van der Waals surface area contributed by atoms with Gasteiger partial charge in [-0.15, -0.1) is 0 Å². The van der Waals surface area contributed by atoms with Crippen molar-refractivity contribution in [2.75, 3.05) is 7.11 Å². The molecule has 1 aromatic heterocycles. The SMILES string of the molecule is COc1cc2cc(OSCl)ccc2c(C)n1. The van der Waals surface area contributed by atoms with Crippen LogP contribution in [0.1, 0.15) is 5.69 Å². The molecule has 0 unspecified atom stereocenters. The number of fused-ring (bicyclic) bond motifs is 1. The van der Waals surface area contributed by atoms with E-state index in [4.69, 9.17) is 19.6 Å².